The van der Waals surface area contributed by atoms with E-state index in [-0.39, 0.29) is 19.0 Å². The number of nitrogens with zero attached hydrogens (tertiary/aromatic N) is 1. The van der Waals surface area contributed by atoms with Crippen molar-refractivity contribution in [2.45, 2.75) is 6.18 Å². The maximum atomic E-state index is 12.8. The minimum atomic E-state index is -4.36. The van der Waals surface area contributed by atoms with Crippen molar-refractivity contribution in [3.05, 3.63) is 29.8 Å². The number of anilines is 1. The number of ether oxygens (including phenoxy) is 1. The number of piperazine rings is 1. The van der Waals surface area contributed by atoms with Gasteiger partial charge in [-0.15, -0.1) is 0 Å². The van der Waals surface area contributed by atoms with Crippen molar-refractivity contribution in [3.63, 3.8) is 0 Å². The van der Waals surface area contributed by atoms with Crippen LogP contribution >= 0.6 is 0 Å². The molecule has 1 aliphatic rings. The predicted octanol–water partition coefficient (Wildman–Crippen LogP) is -0.300. The molecule has 0 spiro atoms. The average molecular weight is 360 g/mol. The maximum absolute atomic E-state index is 12.8. The van der Waals surface area contributed by atoms with Gasteiger partial charge in [0, 0.05) is 5.69 Å². The van der Waals surface area contributed by atoms with Crippen molar-refractivity contribution < 1.29 is 32.4 Å². The SMILES string of the molecule is COC(=O)CNC(=O)C[NH+]1CCN(c2cccc(C(F)(F)F)c2)CC1. The van der Waals surface area contributed by atoms with Gasteiger partial charge >= 0.3 is 12.1 Å². The van der Waals surface area contributed by atoms with Crippen LogP contribution in [0.3, 0.4) is 0 Å². The number of methoxy groups -OCH3 is 1. The molecule has 0 unspecified atom stereocenters. The lowest BCUT2D eigenvalue weighted by molar-refractivity contribution is -0.892. The largest absolute Gasteiger partial charge is 0.468 e. The summed E-state index contributed by atoms with van der Waals surface area (Å²) < 4.78 is 42.8. The first-order chi connectivity index (χ1) is 11.8. The second-order valence-electron chi connectivity index (χ2n) is 5.81. The third-order valence-electron chi connectivity index (χ3n) is 4.08. The number of quaternary nitrogens is 1. The molecule has 0 radical (unpaired) electrons. The van der Waals surface area contributed by atoms with Crippen LogP contribution in [0, 0.1) is 0 Å². The standard InChI is InChI=1S/C16H20F3N3O3/c1-25-15(24)10-20-14(23)11-21-5-7-22(8-6-21)13-4-2-3-12(9-13)16(17,18)19/h2-4,9H,5-8,10-11H2,1H3,(H,20,23)/p+1. The zero-order chi connectivity index (χ0) is 18.4. The number of nitrogens with one attached hydrogen (secondary N) is 2. The van der Waals surface area contributed by atoms with Crippen LogP contribution in [-0.4, -0.2) is 58.3 Å². The highest BCUT2D eigenvalue weighted by atomic mass is 19.4. The number of benzene rings is 1. The lowest BCUT2D eigenvalue weighted by atomic mass is 10.1. The van der Waals surface area contributed by atoms with Crippen LogP contribution in [-0.2, 0) is 20.5 Å². The van der Waals surface area contributed by atoms with Crippen LogP contribution < -0.4 is 15.1 Å². The molecule has 1 aromatic rings. The van der Waals surface area contributed by atoms with Gasteiger partial charge in [0.1, 0.15) is 6.54 Å². The molecule has 9 heteroatoms. The Hall–Kier alpha value is -2.29. The predicted molar refractivity (Wildman–Crippen MR) is 84.2 cm³/mol. The number of esters is 1. The first-order valence-corrected chi connectivity index (χ1v) is 7.89. The van der Waals surface area contributed by atoms with E-state index in [0.29, 0.717) is 31.9 Å². The summed E-state index contributed by atoms with van der Waals surface area (Å²) in [7, 11) is 1.24. The Bertz CT molecular complexity index is 614. The van der Waals surface area contributed by atoms with Gasteiger partial charge in [-0.25, -0.2) is 0 Å². The molecule has 2 N–H and O–H groups in total. The summed E-state index contributed by atoms with van der Waals surface area (Å²) in [6, 6.07) is 5.26. The van der Waals surface area contributed by atoms with E-state index in [1.54, 1.807) is 6.07 Å². The van der Waals surface area contributed by atoms with Crippen molar-refractivity contribution in [1.29, 1.82) is 0 Å². The molecule has 1 amide bonds. The molecular formula is C16H21F3N3O3+. The Labute approximate surface area is 143 Å². The van der Waals surface area contributed by atoms with Crippen LogP contribution in [0.2, 0.25) is 0 Å². The van der Waals surface area contributed by atoms with Gasteiger partial charge < -0.3 is 19.9 Å². The monoisotopic (exact) mass is 360 g/mol. The lowest BCUT2D eigenvalue weighted by Gasteiger charge is -2.33. The fraction of sp³-hybridized carbons (Fsp3) is 0.500. The van der Waals surface area contributed by atoms with Crippen LogP contribution in [0.25, 0.3) is 0 Å². The fourth-order valence-corrected chi connectivity index (χ4v) is 2.67. The highest BCUT2D eigenvalue weighted by molar-refractivity contribution is 5.82. The van der Waals surface area contributed by atoms with E-state index in [9.17, 15) is 22.8 Å². The minimum Gasteiger partial charge on any atom is -0.468 e. The van der Waals surface area contributed by atoms with E-state index in [0.717, 1.165) is 17.0 Å². The topological polar surface area (TPSA) is 63.1 Å². The summed E-state index contributed by atoms with van der Waals surface area (Å²) in [4.78, 5) is 25.6. The molecule has 6 nitrogen and oxygen atoms in total. The van der Waals surface area contributed by atoms with Crippen LogP contribution in [0.15, 0.2) is 24.3 Å². The summed E-state index contributed by atoms with van der Waals surface area (Å²) in [5.41, 5.74) is -0.133. The van der Waals surface area contributed by atoms with Gasteiger partial charge in [-0.1, -0.05) is 6.07 Å². The second-order valence-corrected chi connectivity index (χ2v) is 5.81. The Morgan fingerprint density at radius 1 is 1.28 bits per heavy atom. The number of hydrogen-bond acceptors (Lipinski definition) is 4. The van der Waals surface area contributed by atoms with E-state index in [4.69, 9.17) is 0 Å². The number of rotatable bonds is 5. The third-order valence-corrected chi connectivity index (χ3v) is 4.08. The first kappa shape index (κ1) is 19.0. The number of carbonyl (C=O) groups is 2. The minimum absolute atomic E-state index is 0.168. The Balaban J connectivity index is 1.83. The molecule has 0 aromatic heterocycles. The summed E-state index contributed by atoms with van der Waals surface area (Å²) >= 11 is 0. The normalized spacial score (nSPS) is 15.8. The molecule has 1 saturated heterocycles. The Morgan fingerprint density at radius 2 is 1.96 bits per heavy atom. The summed E-state index contributed by atoms with van der Waals surface area (Å²) in [5.74, 6) is -0.773. The van der Waals surface area contributed by atoms with Gasteiger partial charge in [-0.05, 0) is 18.2 Å². The third kappa shape index (κ3) is 5.63. The summed E-state index contributed by atoms with van der Waals surface area (Å²) in [6.07, 6.45) is -4.36. The van der Waals surface area contributed by atoms with Crippen molar-refractivity contribution >= 4 is 17.6 Å². The van der Waals surface area contributed by atoms with Gasteiger partial charge in [0.15, 0.2) is 6.54 Å². The van der Waals surface area contributed by atoms with E-state index >= 15 is 0 Å². The molecule has 1 aliphatic heterocycles. The number of halogens is 3. The zero-order valence-electron chi connectivity index (χ0n) is 13.9. The smallest absolute Gasteiger partial charge is 0.416 e. The molecule has 0 aliphatic carbocycles. The Kier molecular flexibility index (Phi) is 6.24. The summed E-state index contributed by atoms with van der Waals surface area (Å²) in [6.45, 7) is 2.41. The van der Waals surface area contributed by atoms with Crippen molar-refractivity contribution in [2.75, 3.05) is 51.3 Å². The molecule has 0 saturated carbocycles. The molecular weight excluding hydrogens is 339 g/mol. The maximum Gasteiger partial charge on any atom is 0.416 e. The highest BCUT2D eigenvalue weighted by Crippen LogP contribution is 2.31. The highest BCUT2D eigenvalue weighted by Gasteiger charge is 2.31. The number of alkyl halides is 3. The molecule has 138 valence electrons. The lowest BCUT2D eigenvalue weighted by Crippen LogP contribution is -3.16. The van der Waals surface area contributed by atoms with Crippen LogP contribution in [0.1, 0.15) is 5.56 Å². The zero-order valence-corrected chi connectivity index (χ0v) is 13.9. The second kappa shape index (κ2) is 8.19. The van der Waals surface area contributed by atoms with Crippen molar-refractivity contribution in [2.24, 2.45) is 0 Å². The summed E-state index contributed by atoms with van der Waals surface area (Å²) in [5, 5.41) is 2.47. The molecule has 1 fully saturated rings. The van der Waals surface area contributed by atoms with Gasteiger partial charge in [0.2, 0.25) is 0 Å². The van der Waals surface area contributed by atoms with E-state index in [1.165, 1.54) is 13.2 Å². The number of amides is 1. The number of hydrogen-bond donors (Lipinski definition) is 2. The first-order valence-electron chi connectivity index (χ1n) is 7.89. The van der Waals surface area contributed by atoms with E-state index in [1.807, 2.05) is 4.90 Å². The molecule has 0 bridgehead atoms. The van der Waals surface area contributed by atoms with Gasteiger partial charge in [-0.2, -0.15) is 13.2 Å². The average Bonchev–Trinajstić information content (AvgIpc) is 2.59. The van der Waals surface area contributed by atoms with E-state index < -0.39 is 17.7 Å². The van der Waals surface area contributed by atoms with Crippen molar-refractivity contribution in [3.8, 4) is 0 Å². The molecule has 0 atom stereocenters. The van der Waals surface area contributed by atoms with Crippen molar-refractivity contribution in [1.82, 2.24) is 5.32 Å². The van der Waals surface area contributed by atoms with Crippen LogP contribution in [0.4, 0.5) is 18.9 Å². The van der Waals surface area contributed by atoms with Gasteiger partial charge in [0.05, 0.1) is 38.9 Å². The van der Waals surface area contributed by atoms with Crippen LogP contribution in [0.5, 0.6) is 0 Å². The number of carbonyl (C=O) groups excluding carboxylic acids is 2. The quantitative estimate of drug-likeness (QED) is 0.708. The molecule has 1 heterocycles. The molecule has 25 heavy (non-hydrogen) atoms. The molecule has 2 rings (SSSR count). The van der Waals surface area contributed by atoms with E-state index in [2.05, 4.69) is 10.1 Å². The Morgan fingerprint density at radius 3 is 2.56 bits per heavy atom. The van der Waals surface area contributed by atoms with Gasteiger partial charge in [-0.3, -0.25) is 9.59 Å². The van der Waals surface area contributed by atoms with Gasteiger partial charge in [0.25, 0.3) is 5.91 Å². The molecule has 1 aromatic carbocycles. The fourth-order valence-electron chi connectivity index (χ4n) is 2.67.